The summed E-state index contributed by atoms with van der Waals surface area (Å²) in [5.74, 6) is -0.176. The van der Waals surface area contributed by atoms with Crippen LogP contribution in [0.5, 0.6) is 0 Å². The molecule has 1 nitrogen and oxygen atoms in total. The Labute approximate surface area is 103 Å². The van der Waals surface area contributed by atoms with Crippen LogP contribution in [0.2, 0.25) is 0 Å². The lowest BCUT2D eigenvalue weighted by molar-refractivity contribution is 0.580. The van der Waals surface area contributed by atoms with E-state index in [0.717, 1.165) is 17.4 Å². The van der Waals surface area contributed by atoms with Crippen LogP contribution in [0.25, 0.3) is 0 Å². The van der Waals surface area contributed by atoms with Crippen LogP contribution >= 0.6 is 27.5 Å². The molecule has 0 saturated carbocycles. The number of hydrogen-bond donors (Lipinski definition) is 1. The molecule has 1 aromatic rings. The summed E-state index contributed by atoms with van der Waals surface area (Å²) in [6.07, 6.45) is 0.886. The first-order valence-corrected chi connectivity index (χ1v) is 6.11. The van der Waals surface area contributed by atoms with Gasteiger partial charge >= 0.3 is 0 Å². The van der Waals surface area contributed by atoms with E-state index in [4.69, 9.17) is 11.6 Å². The van der Waals surface area contributed by atoms with Gasteiger partial charge in [-0.15, -0.1) is 11.6 Å². The van der Waals surface area contributed by atoms with Gasteiger partial charge in [0.2, 0.25) is 0 Å². The van der Waals surface area contributed by atoms with Crippen molar-refractivity contribution in [1.29, 1.82) is 0 Å². The smallest absolute Gasteiger partial charge is 0.127 e. The summed E-state index contributed by atoms with van der Waals surface area (Å²) in [5, 5.41) is 3.31. The molecule has 1 unspecified atom stereocenters. The maximum absolute atomic E-state index is 13.3. The highest BCUT2D eigenvalue weighted by Crippen LogP contribution is 2.15. The van der Waals surface area contributed by atoms with Crippen LogP contribution in [0.4, 0.5) is 4.39 Å². The molecule has 0 bridgehead atoms. The van der Waals surface area contributed by atoms with Crippen LogP contribution in [0.15, 0.2) is 22.7 Å². The second kappa shape index (κ2) is 6.46. The van der Waals surface area contributed by atoms with E-state index in [1.807, 2.05) is 6.92 Å². The Bertz CT molecular complexity index is 317. The Morgan fingerprint density at radius 2 is 2.27 bits per heavy atom. The zero-order valence-electron chi connectivity index (χ0n) is 8.56. The first-order chi connectivity index (χ1) is 7.09. The van der Waals surface area contributed by atoms with Gasteiger partial charge in [0, 0.05) is 22.0 Å². The monoisotopic (exact) mass is 293 g/mol. The molecule has 1 atom stereocenters. The lowest BCUT2D eigenvalue weighted by atomic mass is 10.2. The molecule has 1 aromatic carbocycles. The van der Waals surface area contributed by atoms with E-state index in [0.29, 0.717) is 12.1 Å². The fourth-order valence-corrected chi connectivity index (χ4v) is 1.72. The molecule has 84 valence electrons. The van der Waals surface area contributed by atoms with E-state index < -0.39 is 0 Å². The van der Waals surface area contributed by atoms with Crippen LogP contribution in [-0.2, 0) is 6.54 Å². The number of alkyl halides is 1. The number of nitrogens with one attached hydrogen (secondary N) is 1. The molecule has 0 aliphatic rings. The van der Waals surface area contributed by atoms with Crippen LogP contribution in [-0.4, -0.2) is 11.9 Å². The Morgan fingerprint density at radius 3 is 2.93 bits per heavy atom. The van der Waals surface area contributed by atoms with Gasteiger partial charge in [0.25, 0.3) is 0 Å². The van der Waals surface area contributed by atoms with Gasteiger partial charge in [0.1, 0.15) is 5.82 Å². The van der Waals surface area contributed by atoms with Crippen LogP contribution in [0, 0.1) is 5.82 Å². The van der Waals surface area contributed by atoms with Gasteiger partial charge < -0.3 is 5.32 Å². The molecule has 4 heteroatoms. The largest absolute Gasteiger partial charge is 0.313 e. The van der Waals surface area contributed by atoms with Crippen molar-refractivity contribution < 1.29 is 4.39 Å². The fraction of sp³-hybridized carbons (Fsp3) is 0.455. The van der Waals surface area contributed by atoms with E-state index in [9.17, 15) is 4.39 Å². The lowest BCUT2D eigenvalue weighted by Crippen LogP contribution is -2.17. The van der Waals surface area contributed by atoms with Crippen molar-refractivity contribution in [3.63, 3.8) is 0 Å². The zero-order chi connectivity index (χ0) is 11.3. The van der Waals surface area contributed by atoms with Gasteiger partial charge in [0.05, 0.1) is 0 Å². The standard InChI is InChI=1S/C11H14BrClFN/c1-8(13)4-5-15-7-9-6-10(12)2-3-11(9)14/h2-3,6,8,15H,4-5,7H2,1H3. The summed E-state index contributed by atoms with van der Waals surface area (Å²) in [6, 6.07) is 4.94. The van der Waals surface area contributed by atoms with Gasteiger partial charge in [0.15, 0.2) is 0 Å². The first kappa shape index (κ1) is 12.9. The molecule has 0 saturated heterocycles. The van der Waals surface area contributed by atoms with Crippen molar-refractivity contribution in [2.45, 2.75) is 25.3 Å². The summed E-state index contributed by atoms with van der Waals surface area (Å²) in [7, 11) is 0. The van der Waals surface area contributed by atoms with Crippen LogP contribution in [0.1, 0.15) is 18.9 Å². The lowest BCUT2D eigenvalue weighted by Gasteiger charge is -2.07. The minimum atomic E-state index is -0.176. The summed E-state index contributed by atoms with van der Waals surface area (Å²) in [5.41, 5.74) is 0.673. The second-order valence-electron chi connectivity index (χ2n) is 3.48. The third kappa shape index (κ3) is 4.96. The van der Waals surface area contributed by atoms with E-state index in [2.05, 4.69) is 21.2 Å². The highest BCUT2D eigenvalue weighted by atomic mass is 79.9. The van der Waals surface area contributed by atoms with Gasteiger partial charge in [-0.05, 0) is 38.1 Å². The van der Waals surface area contributed by atoms with Gasteiger partial charge in [-0.25, -0.2) is 4.39 Å². The first-order valence-electron chi connectivity index (χ1n) is 4.88. The summed E-state index contributed by atoms with van der Waals surface area (Å²) in [4.78, 5) is 0. The van der Waals surface area contributed by atoms with Crippen molar-refractivity contribution in [3.8, 4) is 0 Å². The quantitative estimate of drug-likeness (QED) is 0.645. The van der Waals surface area contributed by atoms with Crippen molar-refractivity contribution in [3.05, 3.63) is 34.1 Å². The second-order valence-corrected chi connectivity index (χ2v) is 5.14. The molecular formula is C11H14BrClFN. The molecule has 0 radical (unpaired) electrons. The predicted molar refractivity (Wildman–Crippen MR) is 65.7 cm³/mol. The van der Waals surface area contributed by atoms with Gasteiger partial charge in [-0.2, -0.15) is 0 Å². The Kier molecular flexibility index (Phi) is 5.58. The van der Waals surface area contributed by atoms with Crippen molar-refractivity contribution >= 4 is 27.5 Å². The topological polar surface area (TPSA) is 12.0 Å². The van der Waals surface area contributed by atoms with Crippen molar-refractivity contribution in [2.24, 2.45) is 0 Å². The maximum Gasteiger partial charge on any atom is 0.127 e. The number of halogens is 3. The molecule has 15 heavy (non-hydrogen) atoms. The van der Waals surface area contributed by atoms with Crippen LogP contribution < -0.4 is 5.32 Å². The van der Waals surface area contributed by atoms with E-state index >= 15 is 0 Å². The number of hydrogen-bond acceptors (Lipinski definition) is 1. The average molecular weight is 295 g/mol. The van der Waals surface area contributed by atoms with E-state index in [-0.39, 0.29) is 11.2 Å². The fourth-order valence-electron chi connectivity index (χ4n) is 1.20. The Hall–Kier alpha value is -0.120. The molecular weight excluding hydrogens is 280 g/mol. The van der Waals surface area contributed by atoms with E-state index in [1.54, 1.807) is 12.1 Å². The summed E-state index contributed by atoms with van der Waals surface area (Å²) < 4.78 is 14.2. The summed E-state index contributed by atoms with van der Waals surface area (Å²) in [6.45, 7) is 3.29. The maximum atomic E-state index is 13.3. The third-order valence-electron chi connectivity index (χ3n) is 2.04. The van der Waals surface area contributed by atoms with Gasteiger partial charge in [-0.1, -0.05) is 15.9 Å². The number of benzene rings is 1. The Morgan fingerprint density at radius 1 is 1.53 bits per heavy atom. The van der Waals surface area contributed by atoms with Crippen molar-refractivity contribution in [2.75, 3.05) is 6.54 Å². The highest BCUT2D eigenvalue weighted by molar-refractivity contribution is 9.10. The van der Waals surface area contributed by atoms with Gasteiger partial charge in [-0.3, -0.25) is 0 Å². The molecule has 0 amide bonds. The molecule has 0 aromatic heterocycles. The zero-order valence-corrected chi connectivity index (χ0v) is 10.9. The predicted octanol–water partition coefficient (Wildman–Crippen LogP) is 3.70. The minimum Gasteiger partial charge on any atom is -0.313 e. The molecule has 0 heterocycles. The Balaban J connectivity index is 2.40. The molecule has 0 spiro atoms. The van der Waals surface area contributed by atoms with E-state index in [1.165, 1.54) is 6.07 Å². The normalized spacial score (nSPS) is 12.8. The molecule has 1 N–H and O–H groups in total. The highest BCUT2D eigenvalue weighted by Gasteiger charge is 2.02. The molecule has 0 aliphatic carbocycles. The minimum absolute atomic E-state index is 0.157. The average Bonchev–Trinajstić information content (AvgIpc) is 2.17. The number of rotatable bonds is 5. The molecule has 0 fully saturated rings. The van der Waals surface area contributed by atoms with Crippen LogP contribution in [0.3, 0.4) is 0 Å². The van der Waals surface area contributed by atoms with Crippen molar-refractivity contribution in [1.82, 2.24) is 5.32 Å². The third-order valence-corrected chi connectivity index (χ3v) is 2.75. The summed E-state index contributed by atoms with van der Waals surface area (Å²) >= 11 is 9.11. The molecule has 1 rings (SSSR count). The SMILES string of the molecule is CC(Cl)CCNCc1cc(Br)ccc1F. The molecule has 0 aliphatic heterocycles.